The Morgan fingerprint density at radius 1 is 1.35 bits per heavy atom. The molecule has 1 aliphatic heterocycles. The molecule has 2 aromatic rings. The predicted molar refractivity (Wildman–Crippen MR) is 77.5 cm³/mol. The molecule has 1 unspecified atom stereocenters. The van der Waals surface area contributed by atoms with Crippen LogP contribution >= 0.6 is 24.2 Å². The molecule has 1 atom stereocenters. The molecule has 3 rings (SSSR count). The molecule has 0 amide bonds. The Hall–Kier alpha value is -1.11. The highest BCUT2D eigenvalue weighted by atomic mass is 35.5. The summed E-state index contributed by atoms with van der Waals surface area (Å²) in [7, 11) is 0. The lowest BCUT2D eigenvalue weighted by atomic mass is 10.2. The zero-order valence-corrected chi connectivity index (χ0v) is 12.3. The van der Waals surface area contributed by atoms with Gasteiger partial charge in [-0.05, 0) is 31.0 Å². The predicted octanol–water partition coefficient (Wildman–Crippen LogP) is 3.35. The van der Waals surface area contributed by atoms with Crippen LogP contribution in [0.2, 0.25) is 0 Å². The van der Waals surface area contributed by atoms with Crippen LogP contribution in [0.25, 0.3) is 0 Å². The molecule has 2 heterocycles. The smallest absolute Gasteiger partial charge is 0.276 e. The Morgan fingerprint density at radius 3 is 2.95 bits per heavy atom. The Bertz CT molecular complexity index is 560. The summed E-state index contributed by atoms with van der Waals surface area (Å²) in [6.07, 6.45) is 2.16. The van der Waals surface area contributed by atoms with E-state index in [1.165, 1.54) is 17.8 Å². The number of nitrogens with one attached hydrogen (secondary N) is 1. The molecule has 0 saturated carbocycles. The van der Waals surface area contributed by atoms with Gasteiger partial charge in [-0.25, -0.2) is 4.39 Å². The van der Waals surface area contributed by atoms with Gasteiger partial charge >= 0.3 is 0 Å². The molecule has 20 heavy (non-hydrogen) atoms. The van der Waals surface area contributed by atoms with Crippen LogP contribution in [0.5, 0.6) is 0 Å². The van der Waals surface area contributed by atoms with Crippen molar-refractivity contribution in [3.63, 3.8) is 0 Å². The van der Waals surface area contributed by atoms with E-state index < -0.39 is 0 Å². The maximum atomic E-state index is 13.5. The number of benzene rings is 1. The van der Waals surface area contributed by atoms with Crippen LogP contribution in [-0.4, -0.2) is 16.7 Å². The molecule has 1 aromatic heterocycles. The summed E-state index contributed by atoms with van der Waals surface area (Å²) in [6, 6.07) is 6.89. The largest absolute Gasteiger partial charge is 0.414 e. The number of thioether (sulfide) groups is 1. The van der Waals surface area contributed by atoms with Crippen molar-refractivity contribution in [2.75, 3.05) is 6.54 Å². The standard InChI is InChI=1S/C13H14FN3OS.ClH/c14-10-5-2-1-4-9(10)8-19-13-17-16-12(18-13)11-6-3-7-15-11;/h1-2,4-5,11,15H,3,6-8H2;1H. The number of hydrogen-bond acceptors (Lipinski definition) is 5. The van der Waals surface area contributed by atoms with Crippen LogP contribution in [0.15, 0.2) is 33.9 Å². The van der Waals surface area contributed by atoms with Gasteiger partial charge in [0.2, 0.25) is 5.89 Å². The van der Waals surface area contributed by atoms with Gasteiger partial charge in [0.15, 0.2) is 0 Å². The quantitative estimate of drug-likeness (QED) is 0.877. The molecule has 1 N–H and O–H groups in total. The zero-order chi connectivity index (χ0) is 13.1. The lowest BCUT2D eigenvalue weighted by Gasteiger charge is -2.02. The first-order valence-corrected chi connectivity index (χ1v) is 7.24. The third-order valence-electron chi connectivity index (χ3n) is 3.09. The van der Waals surface area contributed by atoms with E-state index >= 15 is 0 Å². The van der Waals surface area contributed by atoms with E-state index in [2.05, 4.69) is 15.5 Å². The highest BCUT2D eigenvalue weighted by molar-refractivity contribution is 7.98. The number of rotatable bonds is 4. The SMILES string of the molecule is Cl.Fc1ccccc1CSc1nnc(C2CCCN2)o1. The fraction of sp³-hybridized carbons (Fsp3) is 0.385. The van der Waals surface area contributed by atoms with Gasteiger partial charge in [-0.3, -0.25) is 0 Å². The fourth-order valence-electron chi connectivity index (χ4n) is 2.07. The maximum Gasteiger partial charge on any atom is 0.276 e. The monoisotopic (exact) mass is 315 g/mol. The van der Waals surface area contributed by atoms with Crippen molar-refractivity contribution < 1.29 is 8.81 Å². The lowest BCUT2D eigenvalue weighted by molar-refractivity contribution is 0.374. The molecule has 7 heteroatoms. The Labute approximate surface area is 127 Å². The van der Waals surface area contributed by atoms with Crippen molar-refractivity contribution in [3.8, 4) is 0 Å². The van der Waals surface area contributed by atoms with Crippen LogP contribution in [0, 0.1) is 5.82 Å². The second kappa shape index (κ2) is 7.06. The van der Waals surface area contributed by atoms with E-state index in [0.29, 0.717) is 22.4 Å². The molecule has 0 aliphatic carbocycles. The van der Waals surface area contributed by atoms with Crippen molar-refractivity contribution in [2.45, 2.75) is 29.9 Å². The molecule has 1 aliphatic rings. The highest BCUT2D eigenvalue weighted by Gasteiger charge is 2.22. The van der Waals surface area contributed by atoms with Gasteiger partial charge in [-0.2, -0.15) is 0 Å². The van der Waals surface area contributed by atoms with Gasteiger partial charge in [0, 0.05) is 5.75 Å². The average Bonchev–Trinajstić information content (AvgIpc) is 3.09. The molecule has 0 radical (unpaired) electrons. The molecule has 108 valence electrons. The minimum absolute atomic E-state index is 0. The third kappa shape index (κ3) is 3.50. The second-order valence-electron chi connectivity index (χ2n) is 4.44. The summed E-state index contributed by atoms with van der Waals surface area (Å²) < 4.78 is 19.0. The molecular weight excluding hydrogens is 301 g/mol. The van der Waals surface area contributed by atoms with Crippen molar-refractivity contribution in [1.29, 1.82) is 0 Å². The van der Waals surface area contributed by atoms with Crippen LogP contribution in [-0.2, 0) is 5.75 Å². The van der Waals surface area contributed by atoms with E-state index in [-0.39, 0.29) is 24.3 Å². The van der Waals surface area contributed by atoms with Crippen molar-refractivity contribution in [1.82, 2.24) is 15.5 Å². The number of aromatic nitrogens is 2. The minimum Gasteiger partial charge on any atom is -0.414 e. The van der Waals surface area contributed by atoms with Gasteiger partial charge < -0.3 is 9.73 Å². The zero-order valence-electron chi connectivity index (χ0n) is 10.7. The number of hydrogen-bond donors (Lipinski definition) is 1. The first kappa shape index (κ1) is 15.3. The third-order valence-corrected chi connectivity index (χ3v) is 3.96. The van der Waals surface area contributed by atoms with Crippen LogP contribution in [0.1, 0.15) is 30.3 Å². The molecule has 1 aromatic carbocycles. The number of halogens is 2. The van der Waals surface area contributed by atoms with Crippen LogP contribution < -0.4 is 5.32 Å². The summed E-state index contributed by atoms with van der Waals surface area (Å²) in [5, 5.41) is 11.8. The molecular formula is C13H15ClFN3OS. The number of nitrogens with zero attached hydrogens (tertiary/aromatic N) is 2. The molecule has 0 spiro atoms. The van der Waals surface area contributed by atoms with Crippen LogP contribution in [0.3, 0.4) is 0 Å². The summed E-state index contributed by atoms with van der Waals surface area (Å²) in [6.45, 7) is 0.991. The summed E-state index contributed by atoms with van der Waals surface area (Å²) >= 11 is 1.36. The van der Waals surface area contributed by atoms with Crippen LogP contribution in [0.4, 0.5) is 4.39 Å². The first-order valence-electron chi connectivity index (χ1n) is 6.26. The minimum atomic E-state index is -0.202. The van der Waals surface area contributed by atoms with E-state index in [4.69, 9.17) is 4.42 Å². The topological polar surface area (TPSA) is 51.0 Å². The molecule has 1 saturated heterocycles. The van der Waals surface area contributed by atoms with Crippen molar-refractivity contribution in [3.05, 3.63) is 41.5 Å². The first-order chi connectivity index (χ1) is 9.33. The Balaban J connectivity index is 0.00000147. The van der Waals surface area contributed by atoms with Gasteiger partial charge in [0.1, 0.15) is 5.82 Å². The second-order valence-corrected chi connectivity index (χ2v) is 5.36. The van der Waals surface area contributed by atoms with Crippen molar-refractivity contribution >= 4 is 24.2 Å². The van der Waals surface area contributed by atoms with Gasteiger partial charge in [-0.1, -0.05) is 30.0 Å². The van der Waals surface area contributed by atoms with E-state index in [9.17, 15) is 4.39 Å². The van der Waals surface area contributed by atoms with E-state index in [1.807, 2.05) is 6.07 Å². The fourth-order valence-corrected chi connectivity index (χ4v) is 2.83. The summed E-state index contributed by atoms with van der Waals surface area (Å²) in [5.74, 6) is 0.924. The Morgan fingerprint density at radius 2 is 2.20 bits per heavy atom. The maximum absolute atomic E-state index is 13.5. The molecule has 4 nitrogen and oxygen atoms in total. The highest BCUT2D eigenvalue weighted by Crippen LogP contribution is 2.27. The van der Waals surface area contributed by atoms with E-state index in [1.54, 1.807) is 12.1 Å². The van der Waals surface area contributed by atoms with Gasteiger partial charge in [0.05, 0.1) is 6.04 Å². The average molecular weight is 316 g/mol. The van der Waals surface area contributed by atoms with Crippen molar-refractivity contribution in [2.24, 2.45) is 0 Å². The Kier molecular flexibility index (Phi) is 5.39. The summed E-state index contributed by atoms with van der Waals surface area (Å²) in [4.78, 5) is 0. The van der Waals surface area contributed by atoms with Gasteiger partial charge in [-0.15, -0.1) is 22.6 Å². The molecule has 0 bridgehead atoms. The van der Waals surface area contributed by atoms with Gasteiger partial charge in [0.25, 0.3) is 5.22 Å². The molecule has 1 fully saturated rings. The lowest BCUT2D eigenvalue weighted by Crippen LogP contribution is -2.12. The normalized spacial score (nSPS) is 17.9. The van der Waals surface area contributed by atoms with E-state index in [0.717, 1.165) is 19.4 Å². The summed E-state index contributed by atoms with van der Waals surface area (Å²) in [5.41, 5.74) is 0.645.